The summed E-state index contributed by atoms with van der Waals surface area (Å²) >= 11 is 0. The van der Waals surface area contributed by atoms with Crippen molar-refractivity contribution in [3.8, 4) is 0 Å². The molecule has 1 aliphatic rings. The van der Waals surface area contributed by atoms with Crippen molar-refractivity contribution >= 4 is 5.97 Å². The lowest BCUT2D eigenvalue weighted by Crippen LogP contribution is -2.11. The molecule has 3 heteroatoms. The van der Waals surface area contributed by atoms with Crippen LogP contribution in [0.15, 0.2) is 30.3 Å². The van der Waals surface area contributed by atoms with Crippen LogP contribution in [0, 0.1) is 0 Å². The van der Waals surface area contributed by atoms with Crippen LogP contribution in [0.1, 0.15) is 11.6 Å². The second-order valence-electron chi connectivity index (χ2n) is 3.06. The Morgan fingerprint density at radius 2 is 2.08 bits per heavy atom. The van der Waals surface area contributed by atoms with E-state index >= 15 is 0 Å². The maximum atomic E-state index is 11.1. The molecule has 68 valence electrons. The van der Waals surface area contributed by atoms with E-state index in [9.17, 15) is 4.79 Å². The van der Waals surface area contributed by atoms with Crippen LogP contribution in [0.4, 0.5) is 0 Å². The topological polar surface area (TPSA) is 48.2 Å². The first-order valence-corrected chi connectivity index (χ1v) is 4.22. The first-order chi connectivity index (χ1) is 6.33. The van der Waals surface area contributed by atoms with E-state index in [4.69, 9.17) is 0 Å². The first kappa shape index (κ1) is 8.26. The monoisotopic (exact) mass is 177 g/mol. The highest BCUT2D eigenvalue weighted by Crippen LogP contribution is 2.29. The van der Waals surface area contributed by atoms with Gasteiger partial charge in [0.25, 0.3) is 0 Å². The van der Waals surface area contributed by atoms with Crippen molar-refractivity contribution in [1.29, 1.82) is 0 Å². The lowest BCUT2D eigenvalue weighted by Gasteiger charge is -1.96. The summed E-state index contributed by atoms with van der Waals surface area (Å²) in [5.41, 5.74) is 1.14. The quantitative estimate of drug-likeness (QED) is 0.538. The summed E-state index contributed by atoms with van der Waals surface area (Å²) in [4.78, 5) is 11.1. The summed E-state index contributed by atoms with van der Waals surface area (Å²) in [5, 5.41) is 3.06. The fraction of sp³-hybridized carbons (Fsp3) is 0.300. The van der Waals surface area contributed by atoms with E-state index in [2.05, 4.69) is 10.1 Å². The molecule has 1 aliphatic heterocycles. The molecular weight excluding hydrogens is 166 g/mol. The third kappa shape index (κ3) is 1.55. The molecule has 1 heterocycles. The van der Waals surface area contributed by atoms with E-state index < -0.39 is 0 Å². The van der Waals surface area contributed by atoms with Gasteiger partial charge in [0.05, 0.1) is 13.2 Å². The Morgan fingerprint density at radius 1 is 1.38 bits per heavy atom. The predicted molar refractivity (Wildman–Crippen MR) is 48.1 cm³/mol. The molecule has 1 aromatic carbocycles. The number of hydrogen-bond acceptors (Lipinski definition) is 3. The van der Waals surface area contributed by atoms with Crippen LogP contribution in [0.25, 0.3) is 0 Å². The SMILES string of the molecule is COC(=O)C1N[C@H]1c1ccccc1. The zero-order chi connectivity index (χ0) is 9.26. The Balaban J connectivity index is 2.04. The standard InChI is InChI=1S/C10H11NO2/c1-13-10(12)9-8(11-9)7-5-3-2-4-6-7/h2-6,8-9,11H,1H3/t8-,9?/m0/s1. The number of benzene rings is 1. The smallest absolute Gasteiger partial charge is 0.324 e. The largest absolute Gasteiger partial charge is 0.468 e. The lowest BCUT2D eigenvalue weighted by molar-refractivity contribution is -0.140. The summed E-state index contributed by atoms with van der Waals surface area (Å²) in [5.74, 6) is -0.186. The molecule has 0 amide bonds. The average Bonchev–Trinajstić information content (AvgIpc) is 2.98. The van der Waals surface area contributed by atoms with Gasteiger partial charge < -0.3 is 4.74 Å². The molecule has 1 N–H and O–H groups in total. The van der Waals surface area contributed by atoms with E-state index in [1.54, 1.807) is 0 Å². The molecular formula is C10H11NO2. The molecule has 0 bridgehead atoms. The van der Waals surface area contributed by atoms with Gasteiger partial charge in [-0.3, -0.25) is 10.1 Å². The summed E-state index contributed by atoms with van der Waals surface area (Å²) in [6, 6.07) is 9.88. The van der Waals surface area contributed by atoms with Crippen LogP contribution in [-0.2, 0) is 9.53 Å². The van der Waals surface area contributed by atoms with Gasteiger partial charge in [-0.25, -0.2) is 0 Å². The van der Waals surface area contributed by atoms with Crippen molar-refractivity contribution in [3.63, 3.8) is 0 Å². The van der Waals surface area contributed by atoms with Gasteiger partial charge in [-0.15, -0.1) is 0 Å². The minimum Gasteiger partial charge on any atom is -0.468 e. The number of hydrogen-bond donors (Lipinski definition) is 1. The number of nitrogens with one attached hydrogen (secondary N) is 1. The maximum Gasteiger partial charge on any atom is 0.324 e. The molecule has 0 aromatic heterocycles. The fourth-order valence-electron chi connectivity index (χ4n) is 1.42. The molecule has 3 nitrogen and oxygen atoms in total. The second kappa shape index (κ2) is 3.18. The maximum absolute atomic E-state index is 11.1. The second-order valence-corrected chi connectivity index (χ2v) is 3.06. The van der Waals surface area contributed by atoms with E-state index in [-0.39, 0.29) is 18.1 Å². The average molecular weight is 177 g/mol. The normalized spacial score (nSPS) is 25.3. The van der Waals surface area contributed by atoms with E-state index in [0.717, 1.165) is 5.56 Å². The zero-order valence-electron chi connectivity index (χ0n) is 7.36. The number of carbonyl (C=O) groups excluding carboxylic acids is 1. The van der Waals surface area contributed by atoms with Gasteiger partial charge in [-0.2, -0.15) is 0 Å². The summed E-state index contributed by atoms with van der Waals surface area (Å²) in [7, 11) is 1.41. The Bertz CT molecular complexity index is 310. The highest BCUT2D eigenvalue weighted by molar-refractivity contribution is 5.80. The number of ether oxygens (including phenoxy) is 1. The Morgan fingerprint density at radius 3 is 2.69 bits per heavy atom. The molecule has 0 saturated carbocycles. The van der Waals surface area contributed by atoms with E-state index in [1.807, 2.05) is 30.3 Å². The molecule has 1 unspecified atom stereocenters. The van der Waals surface area contributed by atoms with Crippen LogP contribution >= 0.6 is 0 Å². The van der Waals surface area contributed by atoms with Crippen LogP contribution in [0.3, 0.4) is 0 Å². The van der Waals surface area contributed by atoms with Gasteiger partial charge in [0.15, 0.2) is 0 Å². The van der Waals surface area contributed by atoms with Crippen LogP contribution in [0.2, 0.25) is 0 Å². The van der Waals surface area contributed by atoms with Crippen molar-refractivity contribution in [2.45, 2.75) is 12.1 Å². The van der Waals surface area contributed by atoms with Gasteiger partial charge in [0.1, 0.15) is 6.04 Å². The molecule has 1 aromatic rings. The number of esters is 1. The van der Waals surface area contributed by atoms with Gasteiger partial charge in [-0.1, -0.05) is 30.3 Å². The first-order valence-electron chi connectivity index (χ1n) is 4.22. The number of rotatable bonds is 2. The molecule has 0 spiro atoms. The van der Waals surface area contributed by atoms with Crippen LogP contribution < -0.4 is 5.32 Å². The van der Waals surface area contributed by atoms with Crippen LogP contribution in [0.5, 0.6) is 0 Å². The summed E-state index contributed by atoms with van der Waals surface area (Å²) in [6.07, 6.45) is 0. The summed E-state index contributed by atoms with van der Waals surface area (Å²) < 4.78 is 4.62. The highest BCUT2D eigenvalue weighted by Gasteiger charge is 2.44. The van der Waals surface area contributed by atoms with Crippen molar-refractivity contribution in [2.24, 2.45) is 0 Å². The molecule has 2 atom stereocenters. The highest BCUT2D eigenvalue weighted by atomic mass is 16.5. The Labute approximate surface area is 76.7 Å². The number of carbonyl (C=O) groups is 1. The van der Waals surface area contributed by atoms with Gasteiger partial charge in [0, 0.05) is 0 Å². The Kier molecular flexibility index (Phi) is 2.02. The molecule has 1 fully saturated rings. The predicted octanol–water partition coefficient (Wildman–Crippen LogP) is 0.872. The molecule has 2 rings (SSSR count). The third-order valence-corrected chi connectivity index (χ3v) is 2.20. The van der Waals surface area contributed by atoms with Crippen molar-refractivity contribution in [1.82, 2.24) is 5.32 Å². The Hall–Kier alpha value is -1.35. The van der Waals surface area contributed by atoms with Crippen LogP contribution in [-0.4, -0.2) is 19.1 Å². The third-order valence-electron chi connectivity index (χ3n) is 2.20. The molecule has 13 heavy (non-hydrogen) atoms. The minimum absolute atomic E-state index is 0.146. The van der Waals surface area contributed by atoms with Gasteiger partial charge in [0.2, 0.25) is 0 Å². The fourth-order valence-corrected chi connectivity index (χ4v) is 1.42. The molecule has 0 radical (unpaired) electrons. The van der Waals surface area contributed by atoms with Crippen molar-refractivity contribution in [3.05, 3.63) is 35.9 Å². The summed E-state index contributed by atoms with van der Waals surface area (Å²) in [6.45, 7) is 0. The van der Waals surface area contributed by atoms with Crippen molar-refractivity contribution in [2.75, 3.05) is 7.11 Å². The lowest BCUT2D eigenvalue weighted by atomic mass is 10.1. The van der Waals surface area contributed by atoms with E-state index in [0.29, 0.717) is 0 Å². The van der Waals surface area contributed by atoms with Crippen molar-refractivity contribution < 1.29 is 9.53 Å². The molecule has 1 saturated heterocycles. The van der Waals surface area contributed by atoms with Gasteiger partial charge in [-0.05, 0) is 5.56 Å². The number of methoxy groups -OCH3 is 1. The van der Waals surface area contributed by atoms with Gasteiger partial charge >= 0.3 is 5.97 Å². The molecule has 0 aliphatic carbocycles. The van der Waals surface area contributed by atoms with E-state index in [1.165, 1.54) is 7.11 Å². The minimum atomic E-state index is -0.186. The zero-order valence-corrected chi connectivity index (χ0v) is 7.36.